The second-order valence-electron chi connectivity index (χ2n) is 5.08. The Hall–Kier alpha value is -3.09. The molecule has 2 heterocycles. The third-order valence-electron chi connectivity index (χ3n) is 3.50. The Morgan fingerprint density at radius 2 is 2.00 bits per heavy atom. The van der Waals surface area contributed by atoms with Gasteiger partial charge in [-0.25, -0.2) is 9.37 Å². The van der Waals surface area contributed by atoms with Crippen molar-refractivity contribution in [2.75, 3.05) is 0 Å². The van der Waals surface area contributed by atoms with Crippen LogP contribution in [-0.4, -0.2) is 25.5 Å². The van der Waals surface area contributed by atoms with Crippen LogP contribution in [0.15, 0.2) is 41.3 Å². The Balaban J connectivity index is 1.92. The summed E-state index contributed by atoms with van der Waals surface area (Å²) in [6.45, 7) is 0. The number of aromatic nitrogens is 2. The molecule has 0 aliphatic heterocycles. The van der Waals surface area contributed by atoms with Gasteiger partial charge in [0.05, 0.1) is 5.56 Å². The maximum atomic E-state index is 12.9. The summed E-state index contributed by atoms with van der Waals surface area (Å²) in [6.07, 6.45) is 2.69. The van der Waals surface area contributed by atoms with Crippen LogP contribution in [0, 0.1) is 5.82 Å². The van der Waals surface area contributed by atoms with Gasteiger partial charge < -0.3 is 19.2 Å². The highest BCUT2D eigenvalue weighted by atomic mass is 19.1. The van der Waals surface area contributed by atoms with Gasteiger partial charge in [-0.05, 0) is 17.7 Å². The fourth-order valence-electron chi connectivity index (χ4n) is 2.27. The van der Waals surface area contributed by atoms with Crippen LogP contribution < -0.4 is 0 Å². The van der Waals surface area contributed by atoms with Crippen LogP contribution in [0.3, 0.4) is 0 Å². The standard InChI is InChI=1S/C16H13FN2O4/c1-19-7-11(15(21)16(19)22)14(20)13-12(23-8-18-13)6-9-2-4-10(17)5-3-9/h2-5,7-8,21-22H,6H2,1H3. The van der Waals surface area contributed by atoms with Crippen LogP contribution in [0.5, 0.6) is 11.6 Å². The van der Waals surface area contributed by atoms with Crippen molar-refractivity contribution in [3.63, 3.8) is 0 Å². The monoisotopic (exact) mass is 316 g/mol. The Morgan fingerprint density at radius 1 is 1.30 bits per heavy atom. The molecular weight excluding hydrogens is 303 g/mol. The molecule has 0 spiro atoms. The lowest BCUT2D eigenvalue weighted by atomic mass is 10.1. The van der Waals surface area contributed by atoms with Gasteiger partial charge in [0.2, 0.25) is 11.7 Å². The topological polar surface area (TPSA) is 88.5 Å². The largest absolute Gasteiger partial charge is 0.503 e. The van der Waals surface area contributed by atoms with Crippen molar-refractivity contribution < 1.29 is 23.8 Å². The maximum Gasteiger partial charge on any atom is 0.235 e. The summed E-state index contributed by atoms with van der Waals surface area (Å²) in [5.41, 5.74) is 0.715. The van der Waals surface area contributed by atoms with E-state index in [9.17, 15) is 19.4 Å². The van der Waals surface area contributed by atoms with Gasteiger partial charge in [-0.15, -0.1) is 0 Å². The lowest BCUT2D eigenvalue weighted by molar-refractivity contribution is 0.103. The molecule has 2 aromatic heterocycles. The van der Waals surface area contributed by atoms with E-state index in [4.69, 9.17) is 4.42 Å². The predicted octanol–water partition coefficient (Wildman–Crippen LogP) is 2.39. The third-order valence-corrected chi connectivity index (χ3v) is 3.50. The van der Waals surface area contributed by atoms with E-state index in [1.165, 1.54) is 29.9 Å². The number of aryl methyl sites for hydroxylation is 1. The minimum Gasteiger partial charge on any atom is -0.503 e. The molecule has 23 heavy (non-hydrogen) atoms. The van der Waals surface area contributed by atoms with Crippen molar-refractivity contribution >= 4 is 5.78 Å². The molecule has 0 saturated heterocycles. The number of hydrogen-bond acceptors (Lipinski definition) is 5. The van der Waals surface area contributed by atoms with E-state index in [0.717, 1.165) is 12.0 Å². The van der Waals surface area contributed by atoms with E-state index < -0.39 is 17.4 Å². The zero-order valence-electron chi connectivity index (χ0n) is 12.2. The minimum absolute atomic E-state index is 0.0372. The normalized spacial score (nSPS) is 10.9. The molecule has 0 fully saturated rings. The summed E-state index contributed by atoms with van der Waals surface area (Å²) in [6, 6.07) is 5.79. The van der Waals surface area contributed by atoms with Crippen LogP contribution in [0.2, 0.25) is 0 Å². The molecule has 0 radical (unpaired) electrons. The number of halogens is 1. The summed E-state index contributed by atoms with van der Waals surface area (Å²) in [5, 5.41) is 19.4. The maximum absolute atomic E-state index is 12.9. The van der Waals surface area contributed by atoms with Gasteiger partial charge in [0.25, 0.3) is 0 Å². The summed E-state index contributed by atoms with van der Waals surface area (Å²) in [4.78, 5) is 16.4. The number of carbonyl (C=O) groups is 1. The van der Waals surface area contributed by atoms with Crippen LogP contribution in [0.25, 0.3) is 0 Å². The van der Waals surface area contributed by atoms with Crippen LogP contribution >= 0.6 is 0 Å². The highest BCUT2D eigenvalue weighted by Crippen LogP contribution is 2.32. The Labute approximate surface area is 130 Å². The highest BCUT2D eigenvalue weighted by molar-refractivity contribution is 6.10. The zero-order valence-corrected chi connectivity index (χ0v) is 12.2. The summed E-state index contributed by atoms with van der Waals surface area (Å²) < 4.78 is 19.4. The molecule has 7 heteroatoms. The van der Waals surface area contributed by atoms with Crippen LogP contribution in [0.4, 0.5) is 4.39 Å². The first-order chi connectivity index (χ1) is 11.0. The molecule has 0 bridgehead atoms. The van der Waals surface area contributed by atoms with Crippen LogP contribution in [-0.2, 0) is 13.5 Å². The Kier molecular flexibility index (Phi) is 3.61. The van der Waals surface area contributed by atoms with E-state index in [2.05, 4.69) is 4.98 Å². The summed E-state index contributed by atoms with van der Waals surface area (Å²) >= 11 is 0. The molecule has 0 atom stereocenters. The van der Waals surface area contributed by atoms with Crippen molar-refractivity contribution in [2.45, 2.75) is 6.42 Å². The molecule has 118 valence electrons. The lowest BCUT2D eigenvalue weighted by Gasteiger charge is -2.01. The Morgan fingerprint density at radius 3 is 2.61 bits per heavy atom. The van der Waals surface area contributed by atoms with E-state index >= 15 is 0 Å². The van der Waals surface area contributed by atoms with Crippen LogP contribution in [0.1, 0.15) is 27.4 Å². The second kappa shape index (κ2) is 5.60. The number of benzene rings is 1. The number of nitrogens with zero attached hydrogens (tertiary/aromatic N) is 2. The summed E-state index contributed by atoms with van der Waals surface area (Å²) in [7, 11) is 1.49. The fourth-order valence-corrected chi connectivity index (χ4v) is 2.27. The van der Waals surface area contributed by atoms with Crippen molar-refractivity contribution in [3.8, 4) is 11.6 Å². The number of oxazole rings is 1. The number of rotatable bonds is 4. The van der Waals surface area contributed by atoms with E-state index in [1.54, 1.807) is 12.1 Å². The molecule has 1 aromatic carbocycles. The lowest BCUT2D eigenvalue weighted by Crippen LogP contribution is -2.05. The van der Waals surface area contributed by atoms with Gasteiger partial charge in [-0.3, -0.25) is 4.79 Å². The van der Waals surface area contributed by atoms with Crippen molar-refractivity contribution in [1.82, 2.24) is 9.55 Å². The molecule has 3 rings (SSSR count). The van der Waals surface area contributed by atoms with E-state index in [1.807, 2.05) is 0 Å². The predicted molar refractivity (Wildman–Crippen MR) is 77.9 cm³/mol. The molecule has 0 unspecified atom stereocenters. The fraction of sp³-hybridized carbons (Fsp3) is 0.125. The highest BCUT2D eigenvalue weighted by Gasteiger charge is 2.25. The first kappa shape index (κ1) is 14.8. The zero-order chi connectivity index (χ0) is 16.6. The summed E-state index contributed by atoms with van der Waals surface area (Å²) in [5.74, 6) is -1.54. The van der Waals surface area contributed by atoms with Gasteiger partial charge in [-0.1, -0.05) is 12.1 Å². The molecule has 0 aliphatic rings. The molecule has 0 amide bonds. The van der Waals surface area contributed by atoms with Crippen molar-refractivity contribution in [2.24, 2.45) is 7.05 Å². The number of hydrogen-bond donors (Lipinski definition) is 2. The average Bonchev–Trinajstić information content (AvgIpc) is 3.09. The van der Waals surface area contributed by atoms with E-state index in [0.29, 0.717) is 5.76 Å². The van der Waals surface area contributed by atoms with Gasteiger partial charge in [0.15, 0.2) is 17.8 Å². The number of ketones is 1. The number of carbonyl (C=O) groups excluding carboxylic acids is 1. The quantitative estimate of drug-likeness (QED) is 0.722. The van der Waals surface area contributed by atoms with Crippen molar-refractivity contribution in [3.05, 3.63) is 65.3 Å². The van der Waals surface area contributed by atoms with Crippen molar-refractivity contribution in [1.29, 1.82) is 0 Å². The molecular formula is C16H13FN2O4. The van der Waals surface area contributed by atoms with Gasteiger partial charge in [-0.2, -0.15) is 0 Å². The smallest absolute Gasteiger partial charge is 0.235 e. The Bertz CT molecular complexity index is 865. The first-order valence-electron chi connectivity index (χ1n) is 6.76. The van der Waals surface area contributed by atoms with Gasteiger partial charge in [0, 0.05) is 19.7 Å². The average molecular weight is 316 g/mol. The minimum atomic E-state index is -0.565. The van der Waals surface area contributed by atoms with E-state index in [-0.39, 0.29) is 23.5 Å². The molecule has 2 N–H and O–H groups in total. The first-order valence-corrected chi connectivity index (χ1v) is 6.76. The molecule has 0 aliphatic carbocycles. The van der Waals surface area contributed by atoms with Gasteiger partial charge >= 0.3 is 0 Å². The third kappa shape index (κ3) is 2.68. The molecule has 6 nitrogen and oxygen atoms in total. The molecule has 0 saturated carbocycles. The van der Waals surface area contributed by atoms with Gasteiger partial charge in [0.1, 0.15) is 11.6 Å². The number of aromatic hydroxyl groups is 2. The second-order valence-corrected chi connectivity index (χ2v) is 5.08. The SMILES string of the molecule is Cn1cc(C(=O)c2ncoc2Cc2ccc(F)cc2)c(O)c1O. The molecule has 3 aromatic rings.